The molecule has 1 aromatic heterocycles. The Morgan fingerprint density at radius 1 is 1.13 bits per heavy atom. The zero-order valence-electron chi connectivity index (χ0n) is 17.7. The lowest BCUT2D eigenvalue weighted by Gasteiger charge is -2.16. The summed E-state index contributed by atoms with van der Waals surface area (Å²) in [7, 11) is 4.07. The van der Waals surface area contributed by atoms with Gasteiger partial charge >= 0.3 is 5.97 Å². The molecule has 5 nitrogen and oxygen atoms in total. The third-order valence-corrected chi connectivity index (χ3v) is 6.24. The molecule has 0 amide bonds. The molecule has 1 aliphatic rings. The van der Waals surface area contributed by atoms with Crippen LogP contribution in [0.5, 0.6) is 17.2 Å². The molecule has 0 radical (unpaired) electrons. The maximum atomic E-state index is 12.4. The fourth-order valence-electron chi connectivity index (χ4n) is 3.49. The van der Waals surface area contributed by atoms with Gasteiger partial charge in [-0.2, -0.15) is 0 Å². The van der Waals surface area contributed by atoms with Crippen molar-refractivity contribution in [2.24, 2.45) is 0 Å². The minimum atomic E-state index is -0.331. The zero-order valence-corrected chi connectivity index (χ0v) is 19.3. The average molecular weight is 458 g/mol. The van der Waals surface area contributed by atoms with Crippen LogP contribution in [0.3, 0.4) is 0 Å². The van der Waals surface area contributed by atoms with Crippen molar-refractivity contribution in [3.8, 4) is 38.8 Å². The standard InChI is InChI=1S/C24H24ClNO4S/c1-4-28-24(27)21-14-17-16-8-5-6-9-19(16)30-22-18(23(17)31-21)12-15(25)13-20(22)29-11-7-10-26(2)3/h5-6,8-9,12-14H,4,7,10-11H2,1-3H3. The van der Waals surface area contributed by atoms with Crippen LogP contribution >= 0.6 is 22.9 Å². The van der Waals surface area contributed by atoms with Crippen LogP contribution in [0.2, 0.25) is 5.02 Å². The number of thiophene rings is 1. The Bertz CT molecular complexity index is 1110. The van der Waals surface area contributed by atoms with Gasteiger partial charge in [0.15, 0.2) is 11.5 Å². The van der Waals surface area contributed by atoms with Crippen molar-refractivity contribution in [3.63, 3.8) is 0 Å². The first kappa shape index (κ1) is 21.7. The van der Waals surface area contributed by atoms with Gasteiger partial charge in [0.25, 0.3) is 0 Å². The summed E-state index contributed by atoms with van der Waals surface area (Å²) in [6.45, 7) is 3.59. The van der Waals surface area contributed by atoms with Crippen molar-refractivity contribution < 1.29 is 19.0 Å². The van der Waals surface area contributed by atoms with E-state index in [1.54, 1.807) is 13.0 Å². The maximum absolute atomic E-state index is 12.4. The van der Waals surface area contributed by atoms with E-state index in [-0.39, 0.29) is 5.97 Å². The van der Waals surface area contributed by atoms with Crippen molar-refractivity contribution >= 4 is 28.9 Å². The number of carbonyl (C=O) groups excluding carboxylic acids is 1. The van der Waals surface area contributed by atoms with Gasteiger partial charge in [0.05, 0.1) is 13.2 Å². The summed E-state index contributed by atoms with van der Waals surface area (Å²) in [5.74, 6) is 1.58. The molecule has 0 aliphatic carbocycles. The van der Waals surface area contributed by atoms with Crippen molar-refractivity contribution in [1.82, 2.24) is 4.90 Å². The molecule has 31 heavy (non-hydrogen) atoms. The number of hydrogen-bond acceptors (Lipinski definition) is 6. The van der Waals surface area contributed by atoms with Gasteiger partial charge in [-0.05, 0) is 45.6 Å². The molecule has 162 valence electrons. The van der Waals surface area contributed by atoms with Gasteiger partial charge in [0.2, 0.25) is 0 Å². The van der Waals surface area contributed by atoms with E-state index in [1.807, 2.05) is 50.5 Å². The Hall–Kier alpha value is -2.54. The van der Waals surface area contributed by atoms with Crippen LogP contribution in [-0.4, -0.2) is 44.7 Å². The molecule has 0 spiro atoms. The highest BCUT2D eigenvalue weighted by atomic mass is 35.5. The van der Waals surface area contributed by atoms with Crippen molar-refractivity contribution in [1.29, 1.82) is 0 Å². The molecule has 4 rings (SSSR count). The molecule has 0 bridgehead atoms. The number of hydrogen-bond donors (Lipinski definition) is 0. The second kappa shape index (κ2) is 9.30. The lowest BCUT2D eigenvalue weighted by Crippen LogP contribution is -2.15. The van der Waals surface area contributed by atoms with Gasteiger partial charge in [-0.1, -0.05) is 29.8 Å². The number of para-hydroxylation sites is 1. The Morgan fingerprint density at radius 2 is 1.94 bits per heavy atom. The smallest absolute Gasteiger partial charge is 0.348 e. The van der Waals surface area contributed by atoms with Crippen LogP contribution < -0.4 is 9.47 Å². The second-order valence-corrected chi connectivity index (χ2v) is 8.95. The van der Waals surface area contributed by atoms with Crippen molar-refractivity contribution in [3.05, 3.63) is 52.4 Å². The zero-order chi connectivity index (χ0) is 22.0. The Labute approximate surface area is 191 Å². The molecule has 2 aromatic carbocycles. The van der Waals surface area contributed by atoms with Crippen LogP contribution in [0.1, 0.15) is 23.0 Å². The van der Waals surface area contributed by atoms with Crippen LogP contribution in [0, 0.1) is 0 Å². The molecule has 2 heterocycles. The average Bonchev–Trinajstić information content (AvgIpc) is 3.13. The van der Waals surface area contributed by atoms with Gasteiger partial charge in [-0.15, -0.1) is 11.3 Å². The van der Waals surface area contributed by atoms with E-state index >= 15 is 0 Å². The Balaban J connectivity index is 1.82. The van der Waals surface area contributed by atoms with Gasteiger partial charge in [-0.25, -0.2) is 4.79 Å². The quantitative estimate of drug-likeness (QED) is 0.239. The summed E-state index contributed by atoms with van der Waals surface area (Å²) >= 11 is 7.84. The summed E-state index contributed by atoms with van der Waals surface area (Å²) in [5.41, 5.74) is 2.64. The molecule has 7 heteroatoms. The van der Waals surface area contributed by atoms with E-state index in [4.69, 9.17) is 25.8 Å². The van der Waals surface area contributed by atoms with Gasteiger partial charge < -0.3 is 19.1 Å². The molecule has 0 unspecified atom stereocenters. The molecule has 1 aliphatic heterocycles. The predicted octanol–water partition coefficient (Wildman–Crippen LogP) is 6.35. The fourth-order valence-corrected chi connectivity index (χ4v) is 4.78. The van der Waals surface area contributed by atoms with E-state index in [9.17, 15) is 4.79 Å². The highest BCUT2D eigenvalue weighted by Crippen LogP contribution is 2.53. The van der Waals surface area contributed by atoms with Gasteiger partial charge in [0, 0.05) is 39.2 Å². The lowest BCUT2D eigenvalue weighted by molar-refractivity contribution is 0.0532. The summed E-state index contributed by atoms with van der Waals surface area (Å²) in [4.78, 5) is 16.0. The monoisotopic (exact) mass is 457 g/mol. The van der Waals surface area contributed by atoms with Crippen LogP contribution in [0.4, 0.5) is 0 Å². The number of benzene rings is 2. The maximum Gasteiger partial charge on any atom is 0.348 e. The largest absolute Gasteiger partial charge is 0.490 e. The third kappa shape index (κ3) is 4.56. The lowest BCUT2D eigenvalue weighted by atomic mass is 10.0. The summed E-state index contributed by atoms with van der Waals surface area (Å²) in [6.07, 6.45) is 0.877. The number of halogens is 1. The normalized spacial score (nSPS) is 11.8. The van der Waals surface area contributed by atoms with Crippen molar-refractivity contribution in [2.75, 3.05) is 33.9 Å². The van der Waals surface area contributed by atoms with Crippen LogP contribution in [0.25, 0.3) is 21.6 Å². The minimum absolute atomic E-state index is 0.328. The third-order valence-electron chi connectivity index (χ3n) is 4.87. The molecule has 0 saturated heterocycles. The van der Waals surface area contributed by atoms with Gasteiger partial charge in [-0.3, -0.25) is 0 Å². The van der Waals surface area contributed by atoms with E-state index in [1.165, 1.54) is 11.3 Å². The second-order valence-electron chi connectivity index (χ2n) is 7.46. The summed E-state index contributed by atoms with van der Waals surface area (Å²) < 4.78 is 17.7. The highest BCUT2D eigenvalue weighted by Gasteiger charge is 2.28. The van der Waals surface area contributed by atoms with E-state index in [2.05, 4.69) is 4.90 Å². The number of nitrogens with zero attached hydrogens (tertiary/aromatic N) is 1. The van der Waals surface area contributed by atoms with Crippen LogP contribution in [0.15, 0.2) is 42.5 Å². The van der Waals surface area contributed by atoms with Gasteiger partial charge in [0.1, 0.15) is 10.6 Å². The SMILES string of the molecule is CCOC(=O)c1cc2c(s1)-c1cc(Cl)cc(OCCCN(C)C)c1Oc1ccccc1-2. The number of fused-ring (bicyclic) bond motifs is 5. The molecule has 0 saturated carbocycles. The first-order valence-electron chi connectivity index (χ1n) is 10.2. The Kier molecular flexibility index (Phi) is 6.51. The topological polar surface area (TPSA) is 48.0 Å². The molecule has 3 aromatic rings. The number of carbonyl (C=O) groups is 1. The number of ether oxygens (including phenoxy) is 3. The molecule has 0 N–H and O–H groups in total. The van der Waals surface area contributed by atoms with E-state index in [0.29, 0.717) is 40.4 Å². The predicted molar refractivity (Wildman–Crippen MR) is 125 cm³/mol. The highest BCUT2D eigenvalue weighted by molar-refractivity contribution is 7.18. The Morgan fingerprint density at radius 3 is 2.71 bits per heavy atom. The first-order valence-corrected chi connectivity index (χ1v) is 11.4. The molecule has 0 atom stereocenters. The molecular formula is C24H24ClNO4S. The molecule has 0 fully saturated rings. The first-order chi connectivity index (χ1) is 15.0. The van der Waals surface area contributed by atoms with E-state index in [0.717, 1.165) is 34.5 Å². The van der Waals surface area contributed by atoms with Crippen LogP contribution in [-0.2, 0) is 4.74 Å². The summed E-state index contributed by atoms with van der Waals surface area (Å²) in [5, 5.41) is 0.549. The summed E-state index contributed by atoms with van der Waals surface area (Å²) in [6, 6.07) is 13.3. The van der Waals surface area contributed by atoms with Crippen molar-refractivity contribution in [2.45, 2.75) is 13.3 Å². The fraction of sp³-hybridized carbons (Fsp3) is 0.292. The number of esters is 1. The molecular weight excluding hydrogens is 434 g/mol. The minimum Gasteiger partial charge on any atom is -0.490 e. The van der Waals surface area contributed by atoms with E-state index < -0.39 is 0 Å². The number of rotatable bonds is 7.